The van der Waals surface area contributed by atoms with E-state index in [-0.39, 0.29) is 24.9 Å². The third-order valence-corrected chi connectivity index (χ3v) is 4.32. The van der Waals surface area contributed by atoms with Gasteiger partial charge < -0.3 is 10.0 Å². The second-order valence-electron chi connectivity index (χ2n) is 5.95. The number of aliphatic hydroxyl groups is 1. The van der Waals surface area contributed by atoms with Gasteiger partial charge in [-0.2, -0.15) is 0 Å². The Morgan fingerprint density at radius 2 is 2.12 bits per heavy atom. The first-order chi connectivity index (χ1) is 11.7. The zero-order chi connectivity index (χ0) is 17.1. The summed E-state index contributed by atoms with van der Waals surface area (Å²) >= 11 is 6.29. The highest BCUT2D eigenvalue weighted by Crippen LogP contribution is 2.40. The average molecular weight is 349 g/mol. The van der Waals surface area contributed by atoms with Crippen LogP contribution in [0.5, 0.6) is 0 Å². The number of nitrogens with zero attached hydrogens (tertiary/aromatic N) is 4. The number of halogens is 1. The highest BCUT2D eigenvalue weighted by Gasteiger charge is 2.32. The maximum Gasteiger partial charge on any atom is 0.293 e. The molecule has 1 fully saturated rings. The minimum absolute atomic E-state index is 0.0769. The summed E-state index contributed by atoms with van der Waals surface area (Å²) < 4.78 is 1.69. The van der Waals surface area contributed by atoms with Crippen LogP contribution in [0.3, 0.4) is 0 Å². The Morgan fingerprint density at radius 3 is 2.75 bits per heavy atom. The summed E-state index contributed by atoms with van der Waals surface area (Å²) in [4.78, 5) is 18.8. The number of aliphatic hydroxyl groups excluding tert-OH is 1. The normalized spacial score (nSPS) is 14.0. The van der Waals surface area contributed by atoms with Gasteiger partial charge in [0, 0.05) is 19.0 Å². The molecule has 0 aliphatic heterocycles. The van der Waals surface area contributed by atoms with Gasteiger partial charge in [-0.25, -0.2) is 9.67 Å². The van der Waals surface area contributed by atoms with E-state index in [4.69, 9.17) is 11.6 Å². The Hall–Kier alpha value is -1.92. The van der Waals surface area contributed by atoms with Crippen LogP contribution in [-0.4, -0.2) is 50.4 Å². The molecule has 0 bridgehead atoms. The van der Waals surface area contributed by atoms with E-state index in [0.29, 0.717) is 17.5 Å². The first kappa shape index (κ1) is 16.9. The molecule has 0 saturated heterocycles. The molecule has 0 atom stereocenters. The van der Waals surface area contributed by atoms with Gasteiger partial charge in [-0.3, -0.25) is 4.79 Å². The van der Waals surface area contributed by atoms with Crippen molar-refractivity contribution in [2.75, 3.05) is 19.7 Å². The van der Waals surface area contributed by atoms with Crippen LogP contribution in [-0.2, 0) is 0 Å². The monoisotopic (exact) mass is 348 g/mol. The van der Waals surface area contributed by atoms with Crippen molar-refractivity contribution in [2.45, 2.75) is 32.1 Å². The number of aromatic nitrogens is 3. The molecule has 1 aromatic heterocycles. The van der Waals surface area contributed by atoms with Crippen LogP contribution >= 0.6 is 11.6 Å². The standard InChI is InChI=1S/C17H21ClN4O2/c1-2-9-21(10-11-23)17(24)15-19-16(12-7-8-12)22(20-15)14-6-4-3-5-13(14)18/h3-6,12,23H,2,7-11H2,1H3. The van der Waals surface area contributed by atoms with E-state index in [1.807, 2.05) is 25.1 Å². The maximum atomic E-state index is 12.7. The second-order valence-corrected chi connectivity index (χ2v) is 6.35. The number of amides is 1. The van der Waals surface area contributed by atoms with E-state index in [9.17, 15) is 9.90 Å². The molecule has 7 heteroatoms. The molecule has 2 aromatic rings. The lowest BCUT2D eigenvalue weighted by Crippen LogP contribution is -2.35. The van der Waals surface area contributed by atoms with Crippen LogP contribution in [0.2, 0.25) is 5.02 Å². The van der Waals surface area contributed by atoms with Crippen molar-refractivity contribution in [1.29, 1.82) is 0 Å². The van der Waals surface area contributed by atoms with Crippen LogP contribution in [0, 0.1) is 0 Å². The van der Waals surface area contributed by atoms with Gasteiger partial charge in [0.1, 0.15) is 5.82 Å². The predicted molar refractivity (Wildman–Crippen MR) is 91.6 cm³/mol. The van der Waals surface area contributed by atoms with Crippen molar-refractivity contribution < 1.29 is 9.90 Å². The molecular weight excluding hydrogens is 328 g/mol. The molecule has 24 heavy (non-hydrogen) atoms. The molecule has 0 unspecified atom stereocenters. The fourth-order valence-corrected chi connectivity index (χ4v) is 2.88. The molecule has 1 aliphatic rings. The van der Waals surface area contributed by atoms with Gasteiger partial charge in [0.2, 0.25) is 5.82 Å². The molecule has 6 nitrogen and oxygen atoms in total. The van der Waals surface area contributed by atoms with E-state index >= 15 is 0 Å². The molecule has 1 saturated carbocycles. The molecule has 128 valence electrons. The summed E-state index contributed by atoms with van der Waals surface area (Å²) in [6.45, 7) is 2.76. The topological polar surface area (TPSA) is 71.2 Å². The summed E-state index contributed by atoms with van der Waals surface area (Å²) in [5.41, 5.74) is 0.733. The zero-order valence-electron chi connectivity index (χ0n) is 13.7. The van der Waals surface area contributed by atoms with Gasteiger partial charge in [0.25, 0.3) is 5.91 Å². The lowest BCUT2D eigenvalue weighted by atomic mass is 10.3. The molecule has 1 N–H and O–H groups in total. The molecule has 3 rings (SSSR count). The first-order valence-corrected chi connectivity index (χ1v) is 8.65. The quantitative estimate of drug-likeness (QED) is 0.835. The fourth-order valence-electron chi connectivity index (χ4n) is 2.67. The average Bonchev–Trinajstić information content (AvgIpc) is 3.33. The number of hydrogen-bond donors (Lipinski definition) is 1. The molecule has 0 radical (unpaired) electrons. The van der Waals surface area contributed by atoms with Crippen LogP contribution in [0.4, 0.5) is 0 Å². The lowest BCUT2D eigenvalue weighted by molar-refractivity contribution is 0.0709. The summed E-state index contributed by atoms with van der Waals surface area (Å²) in [6.07, 6.45) is 2.91. The molecular formula is C17H21ClN4O2. The molecule has 1 heterocycles. The van der Waals surface area contributed by atoms with Gasteiger partial charge >= 0.3 is 0 Å². The molecule has 1 aliphatic carbocycles. The summed E-state index contributed by atoms with van der Waals surface area (Å²) in [6, 6.07) is 7.41. The Labute approximate surface area is 146 Å². The summed E-state index contributed by atoms with van der Waals surface area (Å²) in [5, 5.41) is 14.2. The third kappa shape index (κ3) is 3.44. The van der Waals surface area contributed by atoms with Crippen molar-refractivity contribution in [3.63, 3.8) is 0 Å². The zero-order valence-corrected chi connectivity index (χ0v) is 14.4. The largest absolute Gasteiger partial charge is 0.395 e. The van der Waals surface area contributed by atoms with Crippen LogP contribution in [0.15, 0.2) is 24.3 Å². The number of carbonyl (C=O) groups is 1. The van der Waals surface area contributed by atoms with Gasteiger partial charge in [-0.15, -0.1) is 5.10 Å². The van der Waals surface area contributed by atoms with E-state index in [1.165, 1.54) is 0 Å². The third-order valence-electron chi connectivity index (χ3n) is 4.00. The fraction of sp³-hybridized carbons (Fsp3) is 0.471. The molecule has 0 spiro atoms. The van der Waals surface area contributed by atoms with E-state index in [2.05, 4.69) is 10.1 Å². The number of rotatable bonds is 7. The van der Waals surface area contributed by atoms with E-state index in [1.54, 1.807) is 15.6 Å². The van der Waals surface area contributed by atoms with Gasteiger partial charge in [-0.05, 0) is 31.4 Å². The minimum atomic E-state index is -0.251. The van der Waals surface area contributed by atoms with E-state index in [0.717, 1.165) is 30.8 Å². The highest BCUT2D eigenvalue weighted by molar-refractivity contribution is 6.32. The smallest absolute Gasteiger partial charge is 0.293 e. The van der Waals surface area contributed by atoms with Gasteiger partial charge in [0.05, 0.1) is 17.3 Å². The number of carbonyl (C=O) groups excluding carboxylic acids is 1. The van der Waals surface area contributed by atoms with Crippen LogP contribution < -0.4 is 0 Å². The predicted octanol–water partition coefficient (Wildman–Crippen LogP) is 2.64. The van der Waals surface area contributed by atoms with Crippen molar-refractivity contribution in [3.05, 3.63) is 40.9 Å². The van der Waals surface area contributed by atoms with Crippen LogP contribution in [0.1, 0.15) is 48.5 Å². The van der Waals surface area contributed by atoms with Crippen molar-refractivity contribution in [1.82, 2.24) is 19.7 Å². The summed E-state index contributed by atoms with van der Waals surface area (Å²) in [5.74, 6) is 1.03. The molecule has 1 aromatic carbocycles. The SMILES string of the molecule is CCCN(CCO)C(=O)c1nc(C2CC2)n(-c2ccccc2Cl)n1. The van der Waals surface area contributed by atoms with Gasteiger partial charge in [-0.1, -0.05) is 30.7 Å². The molecule has 1 amide bonds. The Bertz CT molecular complexity index is 721. The number of para-hydroxylation sites is 1. The highest BCUT2D eigenvalue weighted by atomic mass is 35.5. The van der Waals surface area contributed by atoms with Crippen LogP contribution in [0.25, 0.3) is 5.69 Å². The van der Waals surface area contributed by atoms with Crippen molar-refractivity contribution >= 4 is 17.5 Å². The Morgan fingerprint density at radius 1 is 1.38 bits per heavy atom. The maximum absolute atomic E-state index is 12.7. The first-order valence-electron chi connectivity index (χ1n) is 8.27. The van der Waals surface area contributed by atoms with Gasteiger partial charge in [0.15, 0.2) is 0 Å². The lowest BCUT2D eigenvalue weighted by Gasteiger charge is -2.18. The number of benzene rings is 1. The number of hydrogen-bond acceptors (Lipinski definition) is 4. The minimum Gasteiger partial charge on any atom is -0.395 e. The van der Waals surface area contributed by atoms with Crippen molar-refractivity contribution in [3.8, 4) is 5.69 Å². The Balaban J connectivity index is 1.97. The second kappa shape index (κ2) is 7.32. The van der Waals surface area contributed by atoms with E-state index < -0.39 is 0 Å². The van der Waals surface area contributed by atoms with Crippen molar-refractivity contribution in [2.24, 2.45) is 0 Å². The summed E-state index contributed by atoms with van der Waals surface area (Å²) in [7, 11) is 0. The Kier molecular flexibility index (Phi) is 5.16.